The molecule has 1 aromatic rings. The van der Waals surface area contributed by atoms with Crippen LogP contribution in [0.15, 0.2) is 18.2 Å². The molecule has 28 heavy (non-hydrogen) atoms. The number of benzene rings is 1. The number of carbonyl (C=O) groups excluding carboxylic acids is 4. The molecule has 0 bridgehead atoms. The predicted octanol–water partition coefficient (Wildman–Crippen LogP) is 0.889. The molecule has 3 aliphatic rings. The van der Waals surface area contributed by atoms with Gasteiger partial charge in [0.15, 0.2) is 0 Å². The number of anilines is 1. The summed E-state index contributed by atoms with van der Waals surface area (Å²) in [6, 6.07) is 4.17. The van der Waals surface area contributed by atoms with Crippen molar-refractivity contribution in [2.24, 2.45) is 5.92 Å². The van der Waals surface area contributed by atoms with E-state index in [0.717, 1.165) is 36.6 Å². The van der Waals surface area contributed by atoms with Crippen molar-refractivity contribution in [1.82, 2.24) is 15.5 Å². The minimum Gasteiger partial charge on any atom is -0.385 e. The highest BCUT2D eigenvalue weighted by Crippen LogP contribution is 2.29. The van der Waals surface area contributed by atoms with Gasteiger partial charge >= 0.3 is 0 Å². The fraction of sp³-hybridized carbons (Fsp3) is 0.500. The molecule has 1 aromatic carbocycles. The van der Waals surface area contributed by atoms with Crippen molar-refractivity contribution in [2.75, 3.05) is 25.0 Å². The van der Waals surface area contributed by atoms with Gasteiger partial charge in [-0.2, -0.15) is 0 Å². The molecule has 0 spiro atoms. The third kappa shape index (κ3) is 3.52. The average molecular weight is 384 g/mol. The minimum atomic E-state index is -0.930. The number of hydrogen-bond acceptors (Lipinski definition) is 6. The molecule has 4 amide bonds. The Hall–Kier alpha value is -2.74. The van der Waals surface area contributed by atoms with E-state index in [1.54, 1.807) is 18.2 Å². The van der Waals surface area contributed by atoms with Crippen molar-refractivity contribution in [3.8, 4) is 0 Å². The lowest BCUT2D eigenvalue weighted by Gasteiger charge is -2.27. The molecule has 3 aliphatic heterocycles. The van der Waals surface area contributed by atoms with E-state index in [9.17, 15) is 19.2 Å². The summed E-state index contributed by atoms with van der Waals surface area (Å²) in [5.41, 5.74) is 1.39. The molecule has 2 fully saturated rings. The lowest BCUT2D eigenvalue weighted by atomic mass is 9.96. The third-order valence-corrected chi connectivity index (χ3v) is 5.72. The second kappa shape index (κ2) is 7.71. The average Bonchev–Trinajstić information content (AvgIpc) is 2.93. The van der Waals surface area contributed by atoms with E-state index in [1.807, 2.05) is 0 Å². The van der Waals surface area contributed by atoms with Crippen LogP contribution in [0.4, 0.5) is 5.69 Å². The van der Waals surface area contributed by atoms with E-state index >= 15 is 0 Å². The highest BCUT2D eigenvalue weighted by atomic mass is 16.2. The van der Waals surface area contributed by atoms with Gasteiger partial charge in [-0.15, -0.1) is 0 Å². The predicted molar refractivity (Wildman–Crippen MR) is 102 cm³/mol. The number of nitrogens with one attached hydrogen (secondary N) is 3. The molecule has 2 saturated heterocycles. The van der Waals surface area contributed by atoms with Crippen LogP contribution in [0.2, 0.25) is 0 Å². The molecule has 0 saturated carbocycles. The standard InChI is InChI=1S/C20H24N4O4/c25-17-6-5-16(18(26)23-17)24-19(27)14-4-3-13(10-15(14)20(24)28)22-9-7-12-2-1-8-21-11-12/h3-4,10,12,16,21-22H,1-2,5-9,11H2,(H,23,25,26)/t12-,16?/m1/s1. The number of rotatable bonds is 5. The topological polar surface area (TPSA) is 108 Å². The maximum atomic E-state index is 12.8. The fourth-order valence-corrected chi connectivity index (χ4v) is 4.17. The van der Waals surface area contributed by atoms with Crippen LogP contribution in [0.1, 0.15) is 52.8 Å². The van der Waals surface area contributed by atoms with Crippen molar-refractivity contribution >= 4 is 29.3 Å². The van der Waals surface area contributed by atoms with Crippen molar-refractivity contribution in [1.29, 1.82) is 0 Å². The van der Waals surface area contributed by atoms with E-state index in [1.165, 1.54) is 12.8 Å². The van der Waals surface area contributed by atoms with Gasteiger partial charge in [0, 0.05) is 18.7 Å². The maximum absolute atomic E-state index is 12.8. The minimum absolute atomic E-state index is 0.118. The monoisotopic (exact) mass is 384 g/mol. The number of hydrogen-bond donors (Lipinski definition) is 3. The van der Waals surface area contributed by atoms with Gasteiger partial charge in [-0.3, -0.25) is 29.4 Å². The number of piperidine rings is 2. The smallest absolute Gasteiger partial charge is 0.262 e. The summed E-state index contributed by atoms with van der Waals surface area (Å²) in [7, 11) is 0. The molecule has 148 valence electrons. The Kier molecular flexibility index (Phi) is 5.13. The van der Waals surface area contributed by atoms with E-state index < -0.39 is 23.8 Å². The zero-order valence-electron chi connectivity index (χ0n) is 15.6. The van der Waals surface area contributed by atoms with Gasteiger partial charge in [0.1, 0.15) is 6.04 Å². The first kappa shape index (κ1) is 18.6. The van der Waals surface area contributed by atoms with Crippen LogP contribution in [-0.4, -0.2) is 54.2 Å². The summed E-state index contributed by atoms with van der Waals surface area (Å²) < 4.78 is 0. The van der Waals surface area contributed by atoms with Crippen LogP contribution >= 0.6 is 0 Å². The third-order valence-electron chi connectivity index (χ3n) is 5.72. The molecule has 2 atom stereocenters. The Morgan fingerprint density at radius 2 is 1.89 bits per heavy atom. The summed E-state index contributed by atoms with van der Waals surface area (Å²) in [4.78, 5) is 49.9. The lowest BCUT2D eigenvalue weighted by Crippen LogP contribution is -2.54. The highest BCUT2D eigenvalue weighted by Gasteiger charge is 2.44. The molecule has 8 nitrogen and oxygen atoms in total. The van der Waals surface area contributed by atoms with E-state index in [4.69, 9.17) is 0 Å². The molecule has 3 heterocycles. The van der Waals surface area contributed by atoms with Gasteiger partial charge in [-0.25, -0.2) is 0 Å². The number of imide groups is 2. The van der Waals surface area contributed by atoms with Crippen molar-refractivity contribution in [2.45, 2.75) is 38.1 Å². The van der Waals surface area contributed by atoms with Gasteiger partial charge in [-0.1, -0.05) is 0 Å². The molecule has 0 aliphatic carbocycles. The molecule has 0 radical (unpaired) electrons. The zero-order valence-corrected chi connectivity index (χ0v) is 15.6. The molecule has 8 heteroatoms. The van der Waals surface area contributed by atoms with Gasteiger partial charge in [-0.05, 0) is 62.9 Å². The number of fused-ring (bicyclic) bond motifs is 1. The molecule has 1 unspecified atom stereocenters. The van der Waals surface area contributed by atoms with Crippen LogP contribution in [0.5, 0.6) is 0 Å². The van der Waals surface area contributed by atoms with Crippen LogP contribution in [0.25, 0.3) is 0 Å². The SMILES string of the molecule is O=C1CCC(N2C(=O)c3ccc(NCC[C@H]4CCCNC4)cc3C2=O)C(=O)N1. The molecular weight excluding hydrogens is 360 g/mol. The first-order valence-electron chi connectivity index (χ1n) is 9.85. The van der Waals surface area contributed by atoms with E-state index in [-0.39, 0.29) is 18.7 Å². The maximum Gasteiger partial charge on any atom is 0.262 e. The molecular formula is C20H24N4O4. The summed E-state index contributed by atoms with van der Waals surface area (Å²) in [6.07, 6.45) is 3.76. The van der Waals surface area contributed by atoms with Crippen LogP contribution in [0, 0.1) is 5.92 Å². The Labute approximate surface area is 163 Å². The Balaban J connectivity index is 1.43. The summed E-state index contributed by atoms with van der Waals surface area (Å²) >= 11 is 0. The van der Waals surface area contributed by atoms with Crippen molar-refractivity contribution in [3.63, 3.8) is 0 Å². The Morgan fingerprint density at radius 1 is 1.07 bits per heavy atom. The van der Waals surface area contributed by atoms with Gasteiger partial charge in [0.05, 0.1) is 11.1 Å². The van der Waals surface area contributed by atoms with Crippen molar-refractivity contribution < 1.29 is 19.2 Å². The Bertz CT molecular complexity index is 831. The van der Waals surface area contributed by atoms with Crippen molar-refractivity contribution in [3.05, 3.63) is 29.3 Å². The first-order valence-corrected chi connectivity index (χ1v) is 9.85. The largest absolute Gasteiger partial charge is 0.385 e. The number of amides is 4. The summed E-state index contributed by atoms with van der Waals surface area (Å²) in [5.74, 6) is -1.27. The van der Waals surface area contributed by atoms with Gasteiger partial charge in [0.2, 0.25) is 11.8 Å². The van der Waals surface area contributed by atoms with E-state index in [2.05, 4.69) is 16.0 Å². The fourth-order valence-electron chi connectivity index (χ4n) is 4.17. The first-order chi connectivity index (χ1) is 13.5. The molecule has 3 N–H and O–H groups in total. The summed E-state index contributed by atoms with van der Waals surface area (Å²) in [5, 5.41) is 8.94. The second-order valence-corrected chi connectivity index (χ2v) is 7.64. The van der Waals surface area contributed by atoms with Crippen LogP contribution < -0.4 is 16.0 Å². The summed E-state index contributed by atoms with van der Waals surface area (Å²) in [6.45, 7) is 2.93. The van der Waals surface area contributed by atoms with Gasteiger partial charge < -0.3 is 10.6 Å². The quantitative estimate of drug-likeness (QED) is 0.651. The normalized spacial score (nSPS) is 24.9. The molecule has 4 rings (SSSR count). The van der Waals surface area contributed by atoms with E-state index in [0.29, 0.717) is 17.0 Å². The van der Waals surface area contributed by atoms with Crippen LogP contribution in [-0.2, 0) is 9.59 Å². The van der Waals surface area contributed by atoms with Crippen LogP contribution in [0.3, 0.4) is 0 Å². The Morgan fingerprint density at radius 3 is 2.64 bits per heavy atom. The number of carbonyl (C=O) groups is 4. The molecule has 0 aromatic heterocycles. The number of nitrogens with zero attached hydrogens (tertiary/aromatic N) is 1. The zero-order chi connectivity index (χ0) is 19.7. The lowest BCUT2D eigenvalue weighted by molar-refractivity contribution is -0.136. The van der Waals surface area contributed by atoms with Gasteiger partial charge in [0.25, 0.3) is 11.8 Å². The highest BCUT2D eigenvalue weighted by molar-refractivity contribution is 6.23. The second-order valence-electron chi connectivity index (χ2n) is 7.64.